The predicted molar refractivity (Wildman–Crippen MR) is 150 cm³/mol. The van der Waals surface area contributed by atoms with Crippen molar-refractivity contribution in [2.24, 2.45) is 0 Å². The Morgan fingerprint density at radius 1 is 0.974 bits per heavy atom. The molecule has 1 fully saturated rings. The lowest BCUT2D eigenvalue weighted by atomic mass is 9.76. The van der Waals surface area contributed by atoms with E-state index >= 15 is 0 Å². The van der Waals surface area contributed by atoms with E-state index in [2.05, 4.69) is 17.4 Å². The maximum Gasteiger partial charge on any atom is 0.255 e. The molecule has 1 aliphatic heterocycles. The largest absolute Gasteiger partial charge is 0.391 e. The van der Waals surface area contributed by atoms with Crippen LogP contribution >= 0.6 is 11.6 Å². The first-order valence-corrected chi connectivity index (χ1v) is 13.8. The van der Waals surface area contributed by atoms with Gasteiger partial charge in [0.25, 0.3) is 5.91 Å². The smallest absolute Gasteiger partial charge is 0.255 e. The molecule has 2 amide bonds. The molecular formula is C32H35ClN2O3. The van der Waals surface area contributed by atoms with Crippen molar-refractivity contribution in [2.75, 3.05) is 0 Å². The third-order valence-corrected chi connectivity index (χ3v) is 8.12. The van der Waals surface area contributed by atoms with Crippen LogP contribution in [0.1, 0.15) is 78.5 Å². The summed E-state index contributed by atoms with van der Waals surface area (Å²) in [6, 6.07) is 24.0. The van der Waals surface area contributed by atoms with Crippen molar-refractivity contribution in [1.29, 1.82) is 0 Å². The second-order valence-electron chi connectivity index (χ2n) is 11.2. The van der Waals surface area contributed by atoms with E-state index in [9.17, 15) is 14.7 Å². The Kier molecular flexibility index (Phi) is 7.60. The van der Waals surface area contributed by atoms with E-state index < -0.39 is 23.6 Å². The molecule has 1 saturated carbocycles. The lowest BCUT2D eigenvalue weighted by molar-refractivity contribution is -0.126. The summed E-state index contributed by atoms with van der Waals surface area (Å²) < 4.78 is 0. The number of rotatable bonds is 6. The molecule has 0 spiro atoms. The lowest BCUT2D eigenvalue weighted by Crippen LogP contribution is -2.57. The van der Waals surface area contributed by atoms with Gasteiger partial charge in [0.1, 0.15) is 0 Å². The van der Waals surface area contributed by atoms with Gasteiger partial charge >= 0.3 is 0 Å². The van der Waals surface area contributed by atoms with E-state index in [0.717, 1.165) is 24.0 Å². The molecule has 6 heteroatoms. The van der Waals surface area contributed by atoms with Crippen molar-refractivity contribution in [3.8, 4) is 0 Å². The molecule has 1 aliphatic carbocycles. The zero-order valence-corrected chi connectivity index (χ0v) is 22.7. The van der Waals surface area contributed by atoms with Crippen LogP contribution < -0.4 is 5.32 Å². The van der Waals surface area contributed by atoms with Crippen LogP contribution in [0.25, 0.3) is 0 Å². The van der Waals surface area contributed by atoms with Crippen LogP contribution in [0.4, 0.5) is 0 Å². The van der Waals surface area contributed by atoms with E-state index in [-0.39, 0.29) is 17.9 Å². The molecule has 198 valence electrons. The summed E-state index contributed by atoms with van der Waals surface area (Å²) in [5.41, 5.74) is 2.69. The molecule has 0 saturated heterocycles. The van der Waals surface area contributed by atoms with Crippen LogP contribution in [0, 0.1) is 0 Å². The first kappa shape index (κ1) is 26.5. The number of aliphatic hydroxyl groups excluding tert-OH is 1. The first-order valence-electron chi connectivity index (χ1n) is 13.5. The van der Waals surface area contributed by atoms with E-state index in [4.69, 9.17) is 11.6 Å². The Bertz CT molecular complexity index is 1290. The quantitative estimate of drug-likeness (QED) is 0.407. The minimum absolute atomic E-state index is 0.138. The van der Waals surface area contributed by atoms with E-state index in [1.807, 2.05) is 62.4 Å². The molecule has 0 bridgehead atoms. The fourth-order valence-corrected chi connectivity index (χ4v) is 6.32. The Balaban J connectivity index is 1.59. The molecule has 0 unspecified atom stereocenters. The molecule has 3 aromatic carbocycles. The normalized spacial score (nSPS) is 23.6. The number of carbonyl (C=O) groups excluding carboxylic acids is 2. The van der Waals surface area contributed by atoms with E-state index in [1.165, 1.54) is 0 Å². The zero-order valence-electron chi connectivity index (χ0n) is 21.9. The molecule has 5 rings (SSSR count). The maximum atomic E-state index is 14.3. The topological polar surface area (TPSA) is 69.6 Å². The van der Waals surface area contributed by atoms with Crippen LogP contribution in [0.2, 0.25) is 5.02 Å². The molecule has 3 aromatic rings. The summed E-state index contributed by atoms with van der Waals surface area (Å²) in [6.45, 7) is 4.05. The maximum absolute atomic E-state index is 14.3. The van der Waals surface area contributed by atoms with Gasteiger partial charge < -0.3 is 15.3 Å². The number of nitrogens with one attached hydrogen (secondary N) is 1. The van der Waals surface area contributed by atoms with Gasteiger partial charge in [-0.25, -0.2) is 0 Å². The fourth-order valence-electron chi connectivity index (χ4n) is 6.19. The Morgan fingerprint density at radius 3 is 2.34 bits per heavy atom. The van der Waals surface area contributed by atoms with Crippen molar-refractivity contribution in [3.05, 3.63) is 106 Å². The van der Waals surface area contributed by atoms with Gasteiger partial charge in [0.05, 0.1) is 24.1 Å². The predicted octanol–water partition coefficient (Wildman–Crippen LogP) is 6.06. The number of nitrogens with zero attached hydrogens (tertiary/aromatic N) is 1. The second-order valence-corrected chi connectivity index (χ2v) is 11.7. The average molecular weight is 531 g/mol. The molecular weight excluding hydrogens is 496 g/mol. The second kappa shape index (κ2) is 10.9. The summed E-state index contributed by atoms with van der Waals surface area (Å²) in [5, 5.41) is 15.0. The molecule has 4 atom stereocenters. The average Bonchev–Trinajstić information content (AvgIpc) is 2.90. The van der Waals surface area contributed by atoms with Crippen molar-refractivity contribution in [3.63, 3.8) is 0 Å². The SMILES string of the molecule is CC(C)(Cc1ccccc1)NC(=O)[C@@H]1c2ccccc2C(=O)N([C@@H]2CCCC[C@H]2O)[C@H]1c1ccc(Cl)cc1. The first-order chi connectivity index (χ1) is 18.2. The van der Waals surface area contributed by atoms with Crippen molar-refractivity contribution in [2.45, 2.75) is 75.6 Å². The number of amides is 2. The Labute approximate surface area is 229 Å². The van der Waals surface area contributed by atoms with Gasteiger partial charge in [0.15, 0.2) is 0 Å². The van der Waals surface area contributed by atoms with Gasteiger partial charge in [-0.3, -0.25) is 9.59 Å². The molecule has 2 aliphatic rings. The highest BCUT2D eigenvalue weighted by atomic mass is 35.5. The highest BCUT2D eigenvalue weighted by Crippen LogP contribution is 2.46. The molecule has 0 aromatic heterocycles. The van der Waals surface area contributed by atoms with Crippen LogP contribution in [-0.4, -0.2) is 39.5 Å². The number of fused-ring (bicyclic) bond motifs is 1. The van der Waals surface area contributed by atoms with Crippen molar-refractivity contribution < 1.29 is 14.7 Å². The number of aliphatic hydroxyl groups is 1. The highest BCUT2D eigenvalue weighted by molar-refractivity contribution is 6.30. The van der Waals surface area contributed by atoms with Crippen LogP contribution in [0.3, 0.4) is 0 Å². The van der Waals surface area contributed by atoms with E-state index in [1.54, 1.807) is 23.1 Å². The van der Waals surface area contributed by atoms with Gasteiger partial charge in [0, 0.05) is 16.1 Å². The number of hydrogen-bond donors (Lipinski definition) is 2. The summed E-state index contributed by atoms with van der Waals surface area (Å²) >= 11 is 6.23. The number of halogens is 1. The van der Waals surface area contributed by atoms with Crippen LogP contribution in [-0.2, 0) is 11.2 Å². The van der Waals surface area contributed by atoms with Crippen LogP contribution in [0.15, 0.2) is 78.9 Å². The molecule has 0 radical (unpaired) electrons. The number of hydrogen-bond acceptors (Lipinski definition) is 3. The van der Waals surface area contributed by atoms with Gasteiger partial charge in [-0.2, -0.15) is 0 Å². The monoisotopic (exact) mass is 530 g/mol. The van der Waals surface area contributed by atoms with E-state index in [0.29, 0.717) is 35.4 Å². The number of carbonyl (C=O) groups is 2. The lowest BCUT2D eigenvalue weighted by Gasteiger charge is -2.48. The molecule has 5 nitrogen and oxygen atoms in total. The number of benzene rings is 3. The standard InChI is InChI=1S/C32H35ClN2O3/c1-32(2,20-21-10-4-3-5-11-21)34-30(37)28-24-12-6-7-13-25(24)31(38)35(26-14-8-9-15-27(26)36)29(28)22-16-18-23(33)19-17-22/h3-7,10-13,16-19,26-29,36H,8-9,14-15,20H2,1-2H3,(H,34,37)/t26-,27-,28-,29+/m1/s1. The van der Waals surface area contributed by atoms with Gasteiger partial charge in [-0.1, -0.05) is 85.1 Å². The summed E-state index contributed by atoms with van der Waals surface area (Å²) in [6.07, 6.45) is 3.24. The summed E-state index contributed by atoms with van der Waals surface area (Å²) in [7, 11) is 0. The highest BCUT2D eigenvalue weighted by Gasteiger charge is 2.48. The Hall–Kier alpha value is -3.15. The van der Waals surface area contributed by atoms with Crippen LogP contribution in [0.5, 0.6) is 0 Å². The van der Waals surface area contributed by atoms with Crippen molar-refractivity contribution in [1.82, 2.24) is 10.2 Å². The van der Waals surface area contributed by atoms with Crippen molar-refractivity contribution >= 4 is 23.4 Å². The zero-order chi connectivity index (χ0) is 26.9. The van der Waals surface area contributed by atoms with Gasteiger partial charge in [-0.15, -0.1) is 0 Å². The molecule has 1 heterocycles. The van der Waals surface area contributed by atoms with Gasteiger partial charge in [0.2, 0.25) is 5.91 Å². The Morgan fingerprint density at radius 2 is 1.63 bits per heavy atom. The third-order valence-electron chi connectivity index (χ3n) is 7.87. The minimum Gasteiger partial charge on any atom is -0.391 e. The molecule has 2 N–H and O–H groups in total. The summed E-state index contributed by atoms with van der Waals surface area (Å²) in [4.78, 5) is 30.2. The third kappa shape index (κ3) is 5.36. The molecule has 38 heavy (non-hydrogen) atoms. The fraction of sp³-hybridized carbons (Fsp3) is 0.375. The summed E-state index contributed by atoms with van der Waals surface area (Å²) in [5.74, 6) is -0.922. The van der Waals surface area contributed by atoms with Gasteiger partial charge in [-0.05, 0) is 68.0 Å². The minimum atomic E-state index is -0.644.